The van der Waals surface area contributed by atoms with Crippen molar-refractivity contribution in [2.45, 2.75) is 25.2 Å². The number of halogens is 1. The Morgan fingerprint density at radius 1 is 0.979 bits per heavy atom. The molecule has 1 fully saturated rings. The average Bonchev–Trinajstić information content (AvgIpc) is 3.87. The summed E-state index contributed by atoms with van der Waals surface area (Å²) >= 11 is 0. The summed E-state index contributed by atoms with van der Waals surface area (Å²) in [6.07, 6.45) is 2.75. The van der Waals surface area contributed by atoms with Gasteiger partial charge in [0, 0.05) is 37.1 Å². The van der Waals surface area contributed by atoms with Crippen LogP contribution in [-0.4, -0.2) is 123 Å². The van der Waals surface area contributed by atoms with Crippen LogP contribution in [0.15, 0.2) is 54.1 Å². The largest absolute Gasteiger partial charge is 0.508 e. The van der Waals surface area contributed by atoms with Crippen molar-refractivity contribution in [2.75, 3.05) is 78.0 Å². The highest BCUT2D eigenvalue weighted by Crippen LogP contribution is 2.29. The van der Waals surface area contributed by atoms with E-state index in [1.54, 1.807) is 42.3 Å². The molecule has 1 amide bonds. The summed E-state index contributed by atoms with van der Waals surface area (Å²) in [5.41, 5.74) is 2.34. The van der Waals surface area contributed by atoms with Crippen LogP contribution < -0.4 is 4.90 Å². The molecular formula is C31H37FN6O10. The minimum atomic E-state index is -0.844. The van der Waals surface area contributed by atoms with Gasteiger partial charge in [-0.3, -0.25) is 9.88 Å². The van der Waals surface area contributed by atoms with Crippen LogP contribution in [0.4, 0.5) is 19.7 Å². The number of methoxy groups -OCH3 is 1. The van der Waals surface area contributed by atoms with Crippen molar-refractivity contribution in [3.8, 4) is 11.1 Å². The molecule has 258 valence electrons. The highest BCUT2D eigenvalue weighted by molar-refractivity contribution is 5.99. The van der Waals surface area contributed by atoms with Crippen LogP contribution >= 0.6 is 0 Å². The first-order valence-corrected chi connectivity index (χ1v) is 15.3. The Hall–Kier alpha value is -4.71. The molecule has 0 spiro atoms. The van der Waals surface area contributed by atoms with Gasteiger partial charge in [-0.1, -0.05) is 16.4 Å². The van der Waals surface area contributed by atoms with E-state index >= 15 is 4.39 Å². The number of benzene rings is 1. The summed E-state index contributed by atoms with van der Waals surface area (Å²) in [7, 11) is 1.61. The van der Waals surface area contributed by atoms with Crippen LogP contribution in [0.5, 0.6) is 0 Å². The molecule has 1 aromatic carbocycles. The topological polar surface area (TPSA) is 167 Å². The minimum absolute atomic E-state index is 0.0297. The van der Waals surface area contributed by atoms with E-state index in [2.05, 4.69) is 20.5 Å². The van der Waals surface area contributed by atoms with Crippen LogP contribution in [0.2, 0.25) is 0 Å². The third-order valence-electron chi connectivity index (χ3n) is 7.11. The fraction of sp³-hybridized carbons (Fsp3) is 0.484. The van der Waals surface area contributed by atoms with E-state index in [-0.39, 0.29) is 26.4 Å². The summed E-state index contributed by atoms with van der Waals surface area (Å²) in [5, 5.41) is 11.7. The highest BCUT2D eigenvalue weighted by atomic mass is 19.1. The molecule has 0 N–H and O–H groups in total. The van der Waals surface area contributed by atoms with Crippen LogP contribution in [0, 0.1) is 5.82 Å². The zero-order chi connectivity index (χ0) is 33.6. The van der Waals surface area contributed by atoms with E-state index in [4.69, 9.17) is 38.0 Å². The third kappa shape index (κ3) is 10.1. The van der Waals surface area contributed by atoms with Crippen LogP contribution in [-0.2, 0) is 44.5 Å². The van der Waals surface area contributed by atoms with E-state index < -0.39 is 30.3 Å². The molecule has 1 unspecified atom stereocenters. The molecule has 0 bridgehead atoms. The molecule has 0 radical (unpaired) electrons. The Labute approximate surface area is 275 Å². The lowest BCUT2D eigenvalue weighted by Crippen LogP contribution is -2.26. The summed E-state index contributed by atoms with van der Waals surface area (Å²) in [4.78, 5) is 35.5. The third-order valence-corrected chi connectivity index (χ3v) is 7.11. The number of carbonyl (C=O) groups is 2. The molecule has 2 aliphatic heterocycles. The molecule has 3 aromatic rings. The first-order chi connectivity index (χ1) is 23.5. The lowest BCUT2D eigenvalue weighted by molar-refractivity contribution is -0.0198. The van der Waals surface area contributed by atoms with Crippen molar-refractivity contribution in [2.24, 2.45) is 5.16 Å². The summed E-state index contributed by atoms with van der Waals surface area (Å²) < 4.78 is 53.1. The fourth-order valence-corrected chi connectivity index (χ4v) is 4.74. The summed E-state index contributed by atoms with van der Waals surface area (Å²) in [6, 6.07) is 7.96. The van der Waals surface area contributed by atoms with Gasteiger partial charge in [0.1, 0.15) is 30.8 Å². The number of aromatic nitrogens is 4. The zero-order valence-corrected chi connectivity index (χ0v) is 26.4. The number of carbonyl (C=O) groups excluding carboxylic acids is 2. The maximum absolute atomic E-state index is 15.2. The second-order valence-corrected chi connectivity index (χ2v) is 10.5. The molecule has 2 atom stereocenters. The van der Waals surface area contributed by atoms with E-state index in [0.717, 1.165) is 0 Å². The van der Waals surface area contributed by atoms with Gasteiger partial charge >= 0.3 is 12.2 Å². The Bertz CT molecular complexity index is 1490. The molecule has 17 heteroatoms. The van der Waals surface area contributed by atoms with Crippen LogP contribution in [0.3, 0.4) is 0 Å². The number of cyclic esters (lactones) is 1. The summed E-state index contributed by atoms with van der Waals surface area (Å²) in [5.74, 6) is -0.517. The molecule has 2 aromatic heterocycles. The van der Waals surface area contributed by atoms with Gasteiger partial charge in [0.15, 0.2) is 6.10 Å². The Kier molecular flexibility index (Phi) is 13.0. The van der Waals surface area contributed by atoms with Gasteiger partial charge in [-0.2, -0.15) is 0 Å². The van der Waals surface area contributed by atoms with Crippen molar-refractivity contribution in [1.29, 1.82) is 0 Å². The van der Waals surface area contributed by atoms with Gasteiger partial charge in [0.2, 0.25) is 0 Å². The second kappa shape index (κ2) is 18.0. The molecule has 16 nitrogen and oxygen atoms in total. The lowest BCUT2D eigenvalue weighted by atomic mass is 10.0. The highest BCUT2D eigenvalue weighted by Gasteiger charge is 2.33. The van der Waals surface area contributed by atoms with Crippen molar-refractivity contribution < 1.29 is 52.0 Å². The second-order valence-electron chi connectivity index (χ2n) is 10.5. The van der Waals surface area contributed by atoms with E-state index in [1.807, 2.05) is 0 Å². The maximum atomic E-state index is 15.2. The molecule has 5 rings (SSSR count). The van der Waals surface area contributed by atoms with Gasteiger partial charge in [-0.05, 0) is 24.3 Å². The van der Waals surface area contributed by atoms with Crippen LogP contribution in [0.1, 0.15) is 12.1 Å². The first kappa shape index (κ1) is 34.6. The summed E-state index contributed by atoms with van der Waals surface area (Å²) in [6.45, 7) is 3.51. The molecule has 48 heavy (non-hydrogen) atoms. The smallest absolute Gasteiger partial charge is 0.442 e. The minimum Gasteiger partial charge on any atom is -0.442 e. The van der Waals surface area contributed by atoms with Crippen LogP contribution in [0.25, 0.3) is 11.1 Å². The molecule has 4 heterocycles. The van der Waals surface area contributed by atoms with E-state index in [0.29, 0.717) is 80.8 Å². The number of hydrogen-bond acceptors (Lipinski definition) is 14. The Morgan fingerprint density at radius 2 is 1.75 bits per heavy atom. The van der Waals surface area contributed by atoms with Crippen molar-refractivity contribution in [1.82, 2.24) is 20.0 Å². The van der Waals surface area contributed by atoms with Crippen molar-refractivity contribution >= 4 is 23.6 Å². The van der Waals surface area contributed by atoms with Gasteiger partial charge in [-0.25, -0.2) is 18.7 Å². The predicted octanol–water partition coefficient (Wildman–Crippen LogP) is 2.85. The molecule has 1 saturated heterocycles. The van der Waals surface area contributed by atoms with E-state index in [9.17, 15) is 9.59 Å². The first-order valence-electron chi connectivity index (χ1n) is 15.3. The number of anilines is 1. The molecule has 2 aliphatic rings. The van der Waals surface area contributed by atoms with E-state index in [1.165, 1.54) is 23.4 Å². The predicted molar refractivity (Wildman–Crippen MR) is 165 cm³/mol. The van der Waals surface area contributed by atoms with Gasteiger partial charge in [0.25, 0.3) is 0 Å². The monoisotopic (exact) mass is 672 g/mol. The van der Waals surface area contributed by atoms with Crippen molar-refractivity contribution in [3.63, 3.8) is 0 Å². The number of pyridine rings is 1. The molecule has 0 saturated carbocycles. The van der Waals surface area contributed by atoms with Crippen molar-refractivity contribution in [3.05, 3.63) is 60.4 Å². The standard InChI is InChI=1S/C31H37FN6O10/c1-41-8-9-42-10-11-43-12-13-44-14-15-45-31(40)46-21-24-17-29(35-48-24)28-5-2-22(18-33-28)26-4-3-23(16-27(26)32)38-20-25(47-30(38)39)19-37-7-6-34-36-37/h2-7,16,18,24-25H,8-15,17,19-21H2,1H3/t24?,25-/m0/s1. The number of amides is 1. The number of ether oxygens (including phenoxy) is 7. The lowest BCUT2D eigenvalue weighted by Gasteiger charge is -2.14. The number of hydrogen-bond donors (Lipinski definition) is 0. The SMILES string of the molecule is COCCOCCOCCOCCOC(=O)OCC1CC(c2ccc(-c3ccc(N4C[C@H](Cn5ccnn5)OC4=O)cc3F)cn2)=NO1. The Balaban J connectivity index is 0.981. The number of rotatable bonds is 19. The fourth-order valence-electron chi connectivity index (χ4n) is 4.74. The zero-order valence-electron chi connectivity index (χ0n) is 26.4. The maximum Gasteiger partial charge on any atom is 0.508 e. The molecule has 0 aliphatic carbocycles. The number of nitrogens with zero attached hydrogens (tertiary/aromatic N) is 6. The normalized spacial score (nSPS) is 17.2. The van der Waals surface area contributed by atoms with Gasteiger partial charge in [-0.15, -0.1) is 5.10 Å². The Morgan fingerprint density at radius 3 is 2.44 bits per heavy atom. The average molecular weight is 673 g/mol. The number of oxime groups is 1. The molecular weight excluding hydrogens is 635 g/mol. The quantitative estimate of drug-likeness (QED) is 0.135. The van der Waals surface area contributed by atoms with Gasteiger partial charge in [0.05, 0.1) is 76.9 Å². The van der Waals surface area contributed by atoms with Gasteiger partial charge < -0.3 is 38.0 Å².